The van der Waals surface area contributed by atoms with Gasteiger partial charge in [0.1, 0.15) is 11.6 Å². The van der Waals surface area contributed by atoms with E-state index in [2.05, 4.69) is 0 Å². The first-order valence-electron chi connectivity index (χ1n) is 7.51. The Hall–Kier alpha value is -1.05. The monoisotopic (exact) mass is 331 g/mol. The lowest BCUT2D eigenvalue weighted by atomic mass is 10.2. The Morgan fingerprint density at radius 2 is 2.00 bits per heavy atom. The fourth-order valence-electron chi connectivity index (χ4n) is 2.74. The van der Waals surface area contributed by atoms with E-state index in [1.165, 1.54) is 10.4 Å². The van der Waals surface area contributed by atoms with Crippen LogP contribution in [0.5, 0.6) is 0 Å². The number of benzene rings is 1. The number of ether oxygens (including phenoxy) is 1. The van der Waals surface area contributed by atoms with Gasteiger partial charge >= 0.3 is 0 Å². The van der Waals surface area contributed by atoms with Gasteiger partial charge in [-0.05, 0) is 31.7 Å². The van der Waals surface area contributed by atoms with Crippen LogP contribution >= 0.6 is 0 Å². The third-order valence-electron chi connectivity index (χ3n) is 4.07. The molecule has 0 radical (unpaired) electrons. The fraction of sp³-hybridized carbons (Fsp3) is 0.600. The van der Waals surface area contributed by atoms with E-state index < -0.39 is 21.7 Å². The molecule has 1 heterocycles. The van der Waals surface area contributed by atoms with Crippen molar-refractivity contribution in [3.05, 3.63) is 35.4 Å². The molecule has 0 spiro atoms. The molecule has 1 saturated carbocycles. The maximum absolute atomic E-state index is 13.8. The second kappa shape index (κ2) is 6.22. The molecule has 0 unspecified atom stereocenters. The standard InChI is InChI=1S/C15H19F2NO3S/c16-12-4-3-11(15(17)8-12)9-18(13-5-6-13)22(19,20)10-14-2-1-7-21-14/h3-4,8,13-14H,1-2,5-7,9-10H2/t14-/m1/s1. The minimum Gasteiger partial charge on any atom is -0.377 e. The van der Waals surface area contributed by atoms with Crippen molar-refractivity contribution in [1.82, 2.24) is 4.31 Å². The molecule has 122 valence electrons. The second-order valence-corrected chi connectivity index (χ2v) is 7.89. The van der Waals surface area contributed by atoms with Gasteiger partial charge < -0.3 is 4.74 Å². The average Bonchev–Trinajstić information content (AvgIpc) is 3.15. The van der Waals surface area contributed by atoms with Gasteiger partial charge in [0.05, 0.1) is 11.9 Å². The maximum Gasteiger partial charge on any atom is 0.217 e. The molecule has 7 heteroatoms. The molecule has 22 heavy (non-hydrogen) atoms. The highest BCUT2D eigenvalue weighted by Gasteiger charge is 2.39. The van der Waals surface area contributed by atoms with Gasteiger partial charge in [-0.2, -0.15) is 4.31 Å². The van der Waals surface area contributed by atoms with Crippen molar-refractivity contribution >= 4 is 10.0 Å². The van der Waals surface area contributed by atoms with Gasteiger partial charge in [-0.3, -0.25) is 0 Å². The SMILES string of the molecule is O=S(=O)(C[C@H]1CCCO1)N(Cc1ccc(F)cc1F)C1CC1. The number of hydrogen-bond acceptors (Lipinski definition) is 3. The summed E-state index contributed by atoms with van der Waals surface area (Å²) in [5.41, 5.74) is 0.198. The quantitative estimate of drug-likeness (QED) is 0.804. The first kappa shape index (κ1) is 15.8. The first-order chi connectivity index (χ1) is 10.5. The van der Waals surface area contributed by atoms with Crippen molar-refractivity contribution < 1.29 is 21.9 Å². The van der Waals surface area contributed by atoms with E-state index in [0.717, 1.165) is 37.8 Å². The van der Waals surface area contributed by atoms with E-state index in [9.17, 15) is 17.2 Å². The smallest absolute Gasteiger partial charge is 0.217 e. The number of rotatable bonds is 6. The van der Waals surface area contributed by atoms with Crippen LogP contribution in [0.4, 0.5) is 8.78 Å². The van der Waals surface area contributed by atoms with Crippen LogP contribution < -0.4 is 0 Å². The largest absolute Gasteiger partial charge is 0.377 e. The Morgan fingerprint density at radius 3 is 2.59 bits per heavy atom. The summed E-state index contributed by atoms with van der Waals surface area (Å²) in [6.07, 6.45) is 2.91. The van der Waals surface area contributed by atoms with Crippen LogP contribution in [-0.4, -0.2) is 37.2 Å². The summed E-state index contributed by atoms with van der Waals surface area (Å²) in [4.78, 5) is 0. The van der Waals surface area contributed by atoms with Crippen LogP contribution in [0.1, 0.15) is 31.2 Å². The van der Waals surface area contributed by atoms with Gasteiger partial charge in [-0.1, -0.05) is 6.07 Å². The molecule has 0 aromatic heterocycles. The molecule has 2 aliphatic rings. The van der Waals surface area contributed by atoms with Crippen molar-refractivity contribution in [2.45, 2.75) is 44.4 Å². The Kier molecular flexibility index (Phi) is 4.47. The molecule has 1 saturated heterocycles. The van der Waals surface area contributed by atoms with Gasteiger partial charge in [-0.15, -0.1) is 0 Å². The molecule has 1 atom stereocenters. The summed E-state index contributed by atoms with van der Waals surface area (Å²) >= 11 is 0. The highest BCUT2D eigenvalue weighted by Crippen LogP contribution is 2.32. The van der Waals surface area contributed by atoms with Gasteiger partial charge in [-0.25, -0.2) is 17.2 Å². The predicted octanol–water partition coefficient (Wildman–Crippen LogP) is 2.44. The van der Waals surface area contributed by atoms with Crippen LogP contribution in [0.25, 0.3) is 0 Å². The third kappa shape index (κ3) is 3.64. The highest BCUT2D eigenvalue weighted by atomic mass is 32.2. The highest BCUT2D eigenvalue weighted by molar-refractivity contribution is 7.89. The molecule has 0 amide bonds. The molecular weight excluding hydrogens is 312 g/mol. The lowest BCUT2D eigenvalue weighted by Crippen LogP contribution is -2.38. The molecule has 4 nitrogen and oxygen atoms in total. The van der Waals surface area contributed by atoms with Crippen molar-refractivity contribution in [3.8, 4) is 0 Å². The first-order valence-corrected chi connectivity index (χ1v) is 9.12. The Labute approximate surface area is 129 Å². The van der Waals surface area contributed by atoms with Crippen LogP contribution in [0, 0.1) is 11.6 Å². The summed E-state index contributed by atoms with van der Waals surface area (Å²) in [6, 6.07) is 3.17. The summed E-state index contributed by atoms with van der Waals surface area (Å²) in [6.45, 7) is 0.544. The molecule has 1 aliphatic carbocycles. The number of sulfonamides is 1. The summed E-state index contributed by atoms with van der Waals surface area (Å²) < 4.78 is 58.7. The van der Waals surface area contributed by atoms with Crippen molar-refractivity contribution in [2.75, 3.05) is 12.4 Å². The predicted molar refractivity (Wildman–Crippen MR) is 77.7 cm³/mol. The lowest BCUT2D eigenvalue weighted by Gasteiger charge is -2.23. The second-order valence-electron chi connectivity index (χ2n) is 5.93. The normalized spacial score (nSPS) is 22.4. The van der Waals surface area contributed by atoms with Gasteiger partial charge in [0.2, 0.25) is 10.0 Å². The number of nitrogens with zero attached hydrogens (tertiary/aromatic N) is 1. The van der Waals surface area contributed by atoms with E-state index in [1.54, 1.807) is 0 Å². The maximum atomic E-state index is 13.8. The fourth-order valence-corrected chi connectivity index (χ4v) is 4.67. The van der Waals surface area contributed by atoms with Crippen LogP contribution in [-0.2, 0) is 21.3 Å². The van der Waals surface area contributed by atoms with Gasteiger partial charge in [0, 0.05) is 30.8 Å². The zero-order chi connectivity index (χ0) is 15.7. The molecule has 1 aliphatic heterocycles. The molecule has 0 bridgehead atoms. The number of hydrogen-bond donors (Lipinski definition) is 0. The van der Waals surface area contributed by atoms with Crippen molar-refractivity contribution in [1.29, 1.82) is 0 Å². The minimum absolute atomic E-state index is 0.0498. The minimum atomic E-state index is -3.52. The van der Waals surface area contributed by atoms with Crippen LogP contribution in [0.2, 0.25) is 0 Å². The van der Waals surface area contributed by atoms with E-state index in [1.807, 2.05) is 0 Å². The topological polar surface area (TPSA) is 46.6 Å². The van der Waals surface area contributed by atoms with Crippen molar-refractivity contribution in [2.24, 2.45) is 0 Å². The zero-order valence-corrected chi connectivity index (χ0v) is 13.0. The van der Waals surface area contributed by atoms with E-state index in [4.69, 9.17) is 4.74 Å². The van der Waals surface area contributed by atoms with E-state index >= 15 is 0 Å². The Balaban J connectivity index is 1.77. The molecule has 1 aromatic carbocycles. The zero-order valence-electron chi connectivity index (χ0n) is 12.2. The molecule has 0 N–H and O–H groups in total. The number of halogens is 2. The average molecular weight is 331 g/mol. The van der Waals surface area contributed by atoms with Crippen LogP contribution in [0.3, 0.4) is 0 Å². The Morgan fingerprint density at radius 1 is 1.23 bits per heavy atom. The molecule has 1 aromatic rings. The molecule has 3 rings (SSSR count). The van der Waals surface area contributed by atoms with Gasteiger partial charge in [0.25, 0.3) is 0 Å². The summed E-state index contributed by atoms with van der Waals surface area (Å²) in [7, 11) is -3.52. The van der Waals surface area contributed by atoms with Crippen LogP contribution in [0.15, 0.2) is 18.2 Å². The molecular formula is C15H19F2NO3S. The van der Waals surface area contributed by atoms with Crippen molar-refractivity contribution in [3.63, 3.8) is 0 Å². The van der Waals surface area contributed by atoms with E-state index in [-0.39, 0.29) is 30.0 Å². The Bertz CT molecular complexity index is 640. The lowest BCUT2D eigenvalue weighted by molar-refractivity contribution is 0.126. The summed E-state index contributed by atoms with van der Waals surface area (Å²) in [5, 5.41) is 0. The molecule has 2 fully saturated rings. The summed E-state index contributed by atoms with van der Waals surface area (Å²) in [5.74, 6) is -1.44. The van der Waals surface area contributed by atoms with Gasteiger partial charge in [0.15, 0.2) is 0 Å². The van der Waals surface area contributed by atoms with E-state index in [0.29, 0.717) is 6.61 Å². The third-order valence-corrected chi connectivity index (χ3v) is 6.01.